The summed E-state index contributed by atoms with van der Waals surface area (Å²) < 4.78 is 16.8. The van der Waals surface area contributed by atoms with E-state index in [-0.39, 0.29) is 10.2 Å². The van der Waals surface area contributed by atoms with Crippen LogP contribution in [0.5, 0.6) is 0 Å². The maximum atomic E-state index is 12.2. The van der Waals surface area contributed by atoms with Crippen LogP contribution in [-0.2, 0) is 9.53 Å². The van der Waals surface area contributed by atoms with Gasteiger partial charge in [-0.1, -0.05) is 0 Å². The number of esters is 1. The lowest BCUT2D eigenvalue weighted by atomic mass is 10.5. The second-order valence-corrected chi connectivity index (χ2v) is 2.65. The fourth-order valence-electron chi connectivity index (χ4n) is 0.335. The van der Waals surface area contributed by atoms with Gasteiger partial charge in [-0.15, -0.1) is 0 Å². The van der Waals surface area contributed by atoms with Crippen molar-refractivity contribution in [2.75, 3.05) is 6.61 Å². The third kappa shape index (κ3) is 3.14. The second kappa shape index (κ2) is 4.65. The standard InChI is InChI=1S/C6H8FIO2/c1-3-10-6(9)5(8)4(2)7/h3H2,1-2H3/b5-4+. The molecule has 0 fully saturated rings. The van der Waals surface area contributed by atoms with Crippen molar-refractivity contribution in [3.63, 3.8) is 0 Å². The highest BCUT2D eigenvalue weighted by atomic mass is 127. The van der Waals surface area contributed by atoms with Crippen LogP contribution in [0.1, 0.15) is 13.8 Å². The van der Waals surface area contributed by atoms with E-state index in [9.17, 15) is 9.18 Å². The molecule has 58 valence electrons. The minimum absolute atomic E-state index is 0.0134. The topological polar surface area (TPSA) is 26.3 Å². The first-order chi connectivity index (χ1) is 4.59. The van der Waals surface area contributed by atoms with Crippen molar-refractivity contribution < 1.29 is 13.9 Å². The van der Waals surface area contributed by atoms with Crippen LogP contribution >= 0.6 is 22.6 Å². The Bertz CT molecular complexity index is 161. The van der Waals surface area contributed by atoms with Crippen molar-refractivity contribution in [2.24, 2.45) is 0 Å². The molecule has 0 radical (unpaired) electrons. The molecule has 0 aromatic rings. The molecule has 4 heteroatoms. The quantitative estimate of drug-likeness (QED) is 0.431. The van der Waals surface area contributed by atoms with Crippen molar-refractivity contribution in [1.82, 2.24) is 0 Å². The van der Waals surface area contributed by atoms with Gasteiger partial charge >= 0.3 is 5.97 Å². The summed E-state index contributed by atoms with van der Waals surface area (Å²) in [5.74, 6) is -1.10. The fraction of sp³-hybridized carbons (Fsp3) is 0.500. The minimum atomic E-state index is -0.594. The van der Waals surface area contributed by atoms with Crippen LogP contribution in [0, 0.1) is 0 Å². The van der Waals surface area contributed by atoms with Crippen molar-refractivity contribution >= 4 is 28.6 Å². The van der Waals surface area contributed by atoms with Crippen LogP contribution in [-0.4, -0.2) is 12.6 Å². The molecule has 0 saturated heterocycles. The molecule has 0 amide bonds. The van der Waals surface area contributed by atoms with Gasteiger partial charge in [-0.3, -0.25) is 0 Å². The van der Waals surface area contributed by atoms with Crippen LogP contribution in [0.25, 0.3) is 0 Å². The first-order valence-electron chi connectivity index (χ1n) is 2.78. The zero-order chi connectivity index (χ0) is 8.15. The van der Waals surface area contributed by atoms with Crippen LogP contribution in [0.4, 0.5) is 4.39 Å². The molecule has 0 N–H and O–H groups in total. The summed E-state index contributed by atoms with van der Waals surface area (Å²) >= 11 is 1.61. The highest BCUT2D eigenvalue weighted by molar-refractivity contribution is 14.1. The summed E-state index contributed by atoms with van der Waals surface area (Å²) in [6.45, 7) is 3.17. The van der Waals surface area contributed by atoms with Crippen LogP contribution in [0.15, 0.2) is 9.41 Å². The molecule has 0 spiro atoms. The van der Waals surface area contributed by atoms with Gasteiger partial charge in [0.2, 0.25) is 0 Å². The van der Waals surface area contributed by atoms with Crippen LogP contribution in [0.3, 0.4) is 0 Å². The fourth-order valence-corrected chi connectivity index (χ4v) is 0.491. The first kappa shape index (κ1) is 9.87. The molecule has 0 aliphatic carbocycles. The molecule has 0 unspecified atom stereocenters. The molecule has 2 nitrogen and oxygen atoms in total. The summed E-state index contributed by atoms with van der Waals surface area (Å²) in [5.41, 5.74) is 0. The summed E-state index contributed by atoms with van der Waals surface area (Å²) in [6, 6.07) is 0. The third-order valence-electron chi connectivity index (χ3n) is 0.757. The summed E-state index contributed by atoms with van der Waals surface area (Å²) in [7, 11) is 0. The van der Waals surface area contributed by atoms with E-state index in [2.05, 4.69) is 4.74 Å². The molecule has 10 heavy (non-hydrogen) atoms. The summed E-state index contributed by atoms with van der Waals surface area (Å²) in [6.07, 6.45) is 0. The number of carbonyl (C=O) groups is 1. The molecule has 0 heterocycles. The van der Waals surface area contributed by atoms with Crippen molar-refractivity contribution in [3.05, 3.63) is 9.41 Å². The van der Waals surface area contributed by atoms with Gasteiger partial charge in [0, 0.05) is 0 Å². The molecule has 0 bridgehead atoms. The lowest BCUT2D eigenvalue weighted by molar-refractivity contribution is -0.137. The second-order valence-electron chi connectivity index (χ2n) is 1.57. The lowest BCUT2D eigenvalue weighted by Gasteiger charge is -1.98. The summed E-state index contributed by atoms with van der Waals surface area (Å²) in [5, 5.41) is 0. The van der Waals surface area contributed by atoms with Crippen LogP contribution < -0.4 is 0 Å². The number of carbonyl (C=O) groups excluding carboxylic acids is 1. The van der Waals surface area contributed by atoms with Crippen molar-refractivity contribution in [3.8, 4) is 0 Å². The molecule has 0 rings (SSSR count). The lowest BCUT2D eigenvalue weighted by Crippen LogP contribution is -2.03. The molecular formula is C6H8FIO2. The monoisotopic (exact) mass is 258 g/mol. The van der Waals surface area contributed by atoms with Gasteiger partial charge in [-0.05, 0) is 36.4 Å². The maximum absolute atomic E-state index is 12.2. The first-order valence-corrected chi connectivity index (χ1v) is 3.86. The molecular weight excluding hydrogens is 250 g/mol. The largest absolute Gasteiger partial charge is 0.462 e. The normalized spacial score (nSPS) is 12.4. The molecule has 0 aromatic heterocycles. The highest BCUT2D eigenvalue weighted by Crippen LogP contribution is 2.14. The number of hydrogen-bond acceptors (Lipinski definition) is 2. The van der Waals surface area contributed by atoms with Gasteiger partial charge in [0.25, 0.3) is 0 Å². The van der Waals surface area contributed by atoms with Gasteiger partial charge in [0.05, 0.1) is 6.61 Å². The highest BCUT2D eigenvalue weighted by Gasteiger charge is 2.09. The Labute approximate surface area is 72.6 Å². The number of allylic oxidation sites excluding steroid dienone is 1. The van der Waals surface area contributed by atoms with E-state index in [0.29, 0.717) is 0 Å². The Morgan fingerprint density at radius 2 is 2.20 bits per heavy atom. The van der Waals surface area contributed by atoms with E-state index in [1.54, 1.807) is 29.5 Å². The number of halogens is 2. The Kier molecular flexibility index (Phi) is 4.59. The van der Waals surface area contributed by atoms with Crippen molar-refractivity contribution in [2.45, 2.75) is 13.8 Å². The van der Waals surface area contributed by atoms with Gasteiger partial charge in [-0.25, -0.2) is 9.18 Å². The number of hydrogen-bond donors (Lipinski definition) is 0. The van der Waals surface area contributed by atoms with E-state index in [1.165, 1.54) is 6.92 Å². The average molecular weight is 258 g/mol. The van der Waals surface area contributed by atoms with E-state index in [1.807, 2.05) is 0 Å². The zero-order valence-electron chi connectivity index (χ0n) is 5.78. The van der Waals surface area contributed by atoms with Gasteiger partial charge < -0.3 is 4.74 Å². The number of rotatable bonds is 2. The Morgan fingerprint density at radius 1 is 1.70 bits per heavy atom. The van der Waals surface area contributed by atoms with Gasteiger partial charge in [0.1, 0.15) is 9.41 Å². The molecule has 0 atom stereocenters. The number of ether oxygens (including phenoxy) is 1. The Morgan fingerprint density at radius 3 is 2.50 bits per heavy atom. The smallest absolute Gasteiger partial charge is 0.347 e. The Hall–Kier alpha value is -0.130. The van der Waals surface area contributed by atoms with Crippen molar-refractivity contribution in [1.29, 1.82) is 0 Å². The minimum Gasteiger partial charge on any atom is -0.462 e. The average Bonchev–Trinajstić information content (AvgIpc) is 1.87. The van der Waals surface area contributed by atoms with E-state index in [4.69, 9.17) is 0 Å². The molecule has 0 saturated carbocycles. The predicted octanol–water partition coefficient (Wildman–Crippen LogP) is 2.19. The molecule has 0 aliphatic heterocycles. The Balaban J connectivity index is 4.09. The zero-order valence-corrected chi connectivity index (χ0v) is 7.94. The van der Waals surface area contributed by atoms with Gasteiger partial charge in [0.15, 0.2) is 0 Å². The summed E-state index contributed by atoms with van der Waals surface area (Å²) in [4.78, 5) is 10.7. The van der Waals surface area contributed by atoms with E-state index in [0.717, 1.165) is 0 Å². The maximum Gasteiger partial charge on any atom is 0.347 e. The SMILES string of the molecule is CCOC(=O)/C(I)=C(/C)F. The molecule has 0 aromatic carbocycles. The van der Waals surface area contributed by atoms with Gasteiger partial charge in [-0.2, -0.15) is 0 Å². The van der Waals surface area contributed by atoms with E-state index >= 15 is 0 Å². The van der Waals surface area contributed by atoms with E-state index < -0.39 is 11.8 Å². The third-order valence-corrected chi connectivity index (χ3v) is 1.94. The molecule has 0 aliphatic rings. The predicted molar refractivity (Wildman–Crippen MR) is 44.5 cm³/mol. The van der Waals surface area contributed by atoms with Crippen LogP contribution in [0.2, 0.25) is 0 Å².